The van der Waals surface area contributed by atoms with Gasteiger partial charge in [-0.1, -0.05) is 39.2 Å². The highest BCUT2D eigenvalue weighted by Gasteiger charge is 2.40. The van der Waals surface area contributed by atoms with E-state index in [0.29, 0.717) is 23.7 Å². The van der Waals surface area contributed by atoms with Crippen molar-refractivity contribution in [3.63, 3.8) is 0 Å². The molecule has 1 atom stereocenters. The van der Waals surface area contributed by atoms with Crippen LogP contribution < -0.4 is 15.0 Å². The van der Waals surface area contributed by atoms with Gasteiger partial charge < -0.3 is 14.6 Å². The molecular weight excluding hydrogens is 434 g/mol. The number of methoxy groups -OCH3 is 1. The molecule has 2 amide bonds. The van der Waals surface area contributed by atoms with E-state index >= 15 is 0 Å². The molecule has 3 heterocycles. The fourth-order valence-electron chi connectivity index (χ4n) is 4.88. The second kappa shape index (κ2) is 10.00. The fourth-order valence-corrected chi connectivity index (χ4v) is 5.70. The maximum absolute atomic E-state index is 13.7. The highest BCUT2D eigenvalue weighted by atomic mass is 32.1. The Balaban J connectivity index is 0.00000126. The van der Waals surface area contributed by atoms with E-state index < -0.39 is 6.04 Å². The number of anilines is 1. The fraction of sp³-hybridized carbons (Fsp3) is 0.462. The quantitative estimate of drug-likeness (QED) is 0.549. The summed E-state index contributed by atoms with van der Waals surface area (Å²) in [4.78, 5) is 28.9. The zero-order chi connectivity index (χ0) is 23.5. The van der Waals surface area contributed by atoms with Crippen molar-refractivity contribution >= 4 is 39.1 Å². The molecule has 1 fully saturated rings. The van der Waals surface area contributed by atoms with E-state index in [4.69, 9.17) is 4.74 Å². The molecule has 6 nitrogen and oxygen atoms in total. The lowest BCUT2D eigenvalue weighted by Gasteiger charge is -2.37. The van der Waals surface area contributed by atoms with Gasteiger partial charge in [-0.15, -0.1) is 11.3 Å². The van der Waals surface area contributed by atoms with Crippen molar-refractivity contribution in [2.75, 3.05) is 12.0 Å². The van der Waals surface area contributed by atoms with Crippen LogP contribution >= 0.6 is 11.3 Å². The van der Waals surface area contributed by atoms with Crippen LogP contribution in [0.15, 0.2) is 35.7 Å². The van der Waals surface area contributed by atoms with E-state index in [2.05, 4.69) is 5.32 Å². The van der Waals surface area contributed by atoms with E-state index in [1.807, 2.05) is 61.1 Å². The molecule has 0 radical (unpaired) electrons. The minimum absolute atomic E-state index is 0.0912. The molecular formula is C26H33N3O3S. The van der Waals surface area contributed by atoms with E-state index in [1.165, 1.54) is 6.42 Å². The number of aryl methyl sites for hydroxylation is 1. The monoisotopic (exact) mass is 467 g/mol. The number of hydrogen-bond acceptors (Lipinski definition) is 4. The lowest BCUT2D eigenvalue weighted by atomic mass is 9.95. The predicted molar refractivity (Wildman–Crippen MR) is 135 cm³/mol. The van der Waals surface area contributed by atoms with Crippen molar-refractivity contribution in [1.82, 2.24) is 9.88 Å². The van der Waals surface area contributed by atoms with Crippen molar-refractivity contribution in [3.05, 3.63) is 47.0 Å². The van der Waals surface area contributed by atoms with E-state index in [-0.39, 0.29) is 17.9 Å². The number of aromatic nitrogens is 1. The van der Waals surface area contributed by atoms with Crippen LogP contribution in [0.25, 0.3) is 10.2 Å². The average molecular weight is 468 g/mol. The minimum atomic E-state index is -0.631. The van der Waals surface area contributed by atoms with Gasteiger partial charge in [0.2, 0.25) is 5.91 Å². The minimum Gasteiger partial charge on any atom is -0.495 e. The molecule has 3 aromatic rings. The van der Waals surface area contributed by atoms with E-state index in [9.17, 15) is 9.59 Å². The Labute approximate surface area is 199 Å². The SMILES string of the molecule is CC.COc1ccc(C)cc1N1C(=O)c2cc3sccc3n2CC1C(=O)NC1CCCCC1. The van der Waals surface area contributed by atoms with Crippen molar-refractivity contribution in [3.8, 4) is 5.75 Å². The van der Waals surface area contributed by atoms with Crippen molar-refractivity contribution < 1.29 is 14.3 Å². The summed E-state index contributed by atoms with van der Waals surface area (Å²) in [5, 5.41) is 5.26. The van der Waals surface area contributed by atoms with Crippen LogP contribution in [0, 0.1) is 6.92 Å². The molecule has 33 heavy (non-hydrogen) atoms. The Morgan fingerprint density at radius 3 is 2.61 bits per heavy atom. The summed E-state index contributed by atoms with van der Waals surface area (Å²) in [6, 6.07) is 9.26. The van der Waals surface area contributed by atoms with Gasteiger partial charge in [0.05, 0.1) is 29.6 Å². The zero-order valence-electron chi connectivity index (χ0n) is 19.9. The highest BCUT2D eigenvalue weighted by Crippen LogP contribution is 2.37. The molecule has 1 aliphatic heterocycles. The number of carbonyl (C=O) groups is 2. The van der Waals surface area contributed by atoms with Crippen LogP contribution in [-0.4, -0.2) is 35.6 Å². The number of rotatable bonds is 4. The van der Waals surface area contributed by atoms with Crippen LogP contribution in [0.4, 0.5) is 5.69 Å². The normalized spacial score (nSPS) is 18.5. The molecule has 1 aliphatic carbocycles. The Bertz CT molecular complexity index is 1140. The Morgan fingerprint density at radius 1 is 1.12 bits per heavy atom. The Kier molecular flexibility index (Phi) is 7.08. The van der Waals surface area contributed by atoms with Gasteiger partial charge in [0.15, 0.2) is 0 Å². The third-order valence-corrected chi connectivity index (χ3v) is 7.33. The maximum Gasteiger partial charge on any atom is 0.275 e. The summed E-state index contributed by atoms with van der Waals surface area (Å²) in [6.45, 7) is 6.41. The number of hydrogen-bond donors (Lipinski definition) is 1. The molecule has 176 valence electrons. The van der Waals surface area contributed by atoms with Gasteiger partial charge in [-0.2, -0.15) is 0 Å². The first-order valence-corrected chi connectivity index (χ1v) is 12.8. The molecule has 0 saturated heterocycles. The van der Waals surface area contributed by atoms with E-state index in [0.717, 1.165) is 41.5 Å². The Morgan fingerprint density at radius 2 is 1.88 bits per heavy atom. The van der Waals surface area contributed by atoms with Gasteiger partial charge >= 0.3 is 0 Å². The molecule has 1 aromatic carbocycles. The first kappa shape index (κ1) is 23.4. The topological polar surface area (TPSA) is 63.6 Å². The lowest BCUT2D eigenvalue weighted by Crippen LogP contribution is -2.57. The second-order valence-electron chi connectivity index (χ2n) is 8.52. The summed E-state index contributed by atoms with van der Waals surface area (Å²) in [5.74, 6) is 0.338. The van der Waals surface area contributed by atoms with Crippen molar-refractivity contribution in [2.45, 2.75) is 71.5 Å². The van der Waals surface area contributed by atoms with Crippen LogP contribution in [-0.2, 0) is 11.3 Å². The van der Waals surface area contributed by atoms with Gasteiger partial charge in [0, 0.05) is 6.04 Å². The van der Waals surface area contributed by atoms with Gasteiger partial charge in [-0.25, -0.2) is 0 Å². The van der Waals surface area contributed by atoms with E-state index in [1.54, 1.807) is 23.3 Å². The number of fused-ring (bicyclic) bond motifs is 3. The molecule has 2 aromatic heterocycles. The number of benzene rings is 1. The first-order valence-electron chi connectivity index (χ1n) is 11.9. The Hall–Kier alpha value is -2.80. The number of thiophene rings is 1. The van der Waals surface area contributed by atoms with Gasteiger partial charge in [0.25, 0.3) is 5.91 Å². The molecule has 2 aliphatic rings. The van der Waals surface area contributed by atoms with Gasteiger partial charge in [-0.3, -0.25) is 14.5 Å². The molecule has 1 saturated carbocycles. The summed E-state index contributed by atoms with van der Waals surface area (Å²) in [6.07, 6.45) is 5.51. The average Bonchev–Trinajstić information content (AvgIpc) is 3.43. The van der Waals surface area contributed by atoms with Crippen LogP contribution in [0.3, 0.4) is 0 Å². The zero-order valence-corrected chi connectivity index (χ0v) is 20.7. The second-order valence-corrected chi connectivity index (χ2v) is 9.47. The molecule has 0 bridgehead atoms. The summed E-state index contributed by atoms with van der Waals surface area (Å²) < 4.78 is 8.64. The summed E-state index contributed by atoms with van der Waals surface area (Å²) >= 11 is 1.61. The highest BCUT2D eigenvalue weighted by molar-refractivity contribution is 7.17. The summed E-state index contributed by atoms with van der Waals surface area (Å²) in [5.41, 5.74) is 3.29. The molecule has 0 spiro atoms. The number of carbonyl (C=O) groups excluding carboxylic acids is 2. The van der Waals surface area contributed by atoms with Crippen LogP contribution in [0.2, 0.25) is 0 Å². The number of amides is 2. The van der Waals surface area contributed by atoms with Gasteiger partial charge in [-0.05, 0) is 55.0 Å². The molecule has 1 N–H and O–H groups in total. The number of nitrogens with one attached hydrogen (secondary N) is 1. The maximum atomic E-state index is 13.7. The van der Waals surface area contributed by atoms with Crippen LogP contribution in [0.5, 0.6) is 5.75 Å². The first-order chi connectivity index (χ1) is 16.1. The van der Waals surface area contributed by atoms with Gasteiger partial charge in [0.1, 0.15) is 17.5 Å². The summed E-state index contributed by atoms with van der Waals surface area (Å²) in [7, 11) is 1.60. The lowest BCUT2D eigenvalue weighted by molar-refractivity contribution is -0.123. The molecule has 7 heteroatoms. The van der Waals surface area contributed by atoms with Crippen molar-refractivity contribution in [1.29, 1.82) is 0 Å². The molecule has 5 rings (SSSR count). The number of nitrogens with zero attached hydrogens (tertiary/aromatic N) is 2. The smallest absolute Gasteiger partial charge is 0.275 e. The third-order valence-electron chi connectivity index (χ3n) is 6.48. The van der Waals surface area contributed by atoms with Crippen molar-refractivity contribution in [2.24, 2.45) is 0 Å². The largest absolute Gasteiger partial charge is 0.495 e. The molecule has 1 unspecified atom stereocenters. The van der Waals surface area contributed by atoms with Crippen LogP contribution in [0.1, 0.15) is 62.0 Å². The third kappa shape index (κ3) is 4.38. The number of ether oxygens (including phenoxy) is 1. The predicted octanol–water partition coefficient (Wildman–Crippen LogP) is 5.52. The standard InChI is InChI=1S/C24H27N3O3S.C2H6/c1-15-8-9-21(30-2)18(12-15)27-20(23(28)25-16-6-4-3-5-7-16)14-26-17-10-11-31-22(17)13-19(26)24(27)29;1-2/h8-13,16,20H,3-7,14H2,1-2H3,(H,25,28);1-2H3.